The van der Waals surface area contributed by atoms with Crippen molar-refractivity contribution in [2.75, 3.05) is 0 Å². The van der Waals surface area contributed by atoms with Crippen LogP contribution < -0.4 is 4.74 Å². The smallest absolute Gasteiger partial charge is 0.163 e. The zero-order chi connectivity index (χ0) is 14.0. The van der Waals surface area contributed by atoms with Gasteiger partial charge in [0.15, 0.2) is 5.78 Å². The van der Waals surface area contributed by atoms with E-state index < -0.39 is 0 Å². The first-order valence-corrected chi connectivity index (χ1v) is 6.89. The highest BCUT2D eigenvalue weighted by molar-refractivity contribution is 9.10. The van der Waals surface area contributed by atoms with Crippen molar-refractivity contribution in [1.29, 1.82) is 0 Å². The van der Waals surface area contributed by atoms with Gasteiger partial charge in [-0.2, -0.15) is 0 Å². The number of ether oxygens (including phenoxy) is 1. The summed E-state index contributed by atoms with van der Waals surface area (Å²) in [5.74, 6) is 1.13. The van der Waals surface area contributed by atoms with E-state index in [4.69, 9.17) is 16.3 Å². The van der Waals surface area contributed by atoms with Crippen LogP contribution in [0.25, 0.3) is 0 Å². The lowest BCUT2D eigenvalue weighted by atomic mass is 10.1. The third-order valence-corrected chi connectivity index (χ3v) is 3.42. The van der Waals surface area contributed by atoms with E-state index in [1.165, 1.54) is 6.92 Å². The summed E-state index contributed by atoms with van der Waals surface area (Å²) in [6.07, 6.45) is 0. The van der Waals surface area contributed by atoms with E-state index >= 15 is 0 Å². The molecule has 0 radical (unpaired) electrons. The fourth-order valence-corrected chi connectivity index (χ4v) is 2.19. The maximum Gasteiger partial charge on any atom is 0.163 e. The largest absolute Gasteiger partial charge is 0.456 e. The normalized spacial score (nSPS) is 10.3. The highest BCUT2D eigenvalue weighted by Crippen LogP contribution is 2.31. The number of aryl methyl sites for hydroxylation is 1. The second kappa shape index (κ2) is 5.76. The van der Waals surface area contributed by atoms with Gasteiger partial charge in [-0.3, -0.25) is 4.79 Å². The molecule has 2 nitrogen and oxygen atoms in total. The van der Waals surface area contributed by atoms with Gasteiger partial charge < -0.3 is 4.74 Å². The molecule has 0 bridgehead atoms. The van der Waals surface area contributed by atoms with Crippen LogP contribution in [0.1, 0.15) is 22.8 Å². The zero-order valence-electron chi connectivity index (χ0n) is 10.5. The second-order valence-corrected chi connectivity index (χ2v) is 5.56. The van der Waals surface area contributed by atoms with Gasteiger partial charge in [-0.1, -0.05) is 33.6 Å². The van der Waals surface area contributed by atoms with Crippen molar-refractivity contribution in [3.8, 4) is 11.5 Å². The molecule has 0 aliphatic rings. The number of halogens is 2. The summed E-state index contributed by atoms with van der Waals surface area (Å²) in [4.78, 5) is 11.6. The number of hydrogen-bond donors (Lipinski definition) is 0. The molecule has 0 aliphatic heterocycles. The number of Topliss-reactive ketones (excluding diaryl/α,β-unsaturated/α-hetero) is 1. The predicted molar refractivity (Wildman–Crippen MR) is 80.4 cm³/mol. The first-order chi connectivity index (χ1) is 8.97. The molecule has 2 aromatic rings. The predicted octanol–water partition coefficient (Wildman–Crippen LogP) is 5.41. The molecule has 2 rings (SSSR count). The van der Waals surface area contributed by atoms with Crippen molar-refractivity contribution < 1.29 is 9.53 Å². The minimum atomic E-state index is -0.0454. The summed E-state index contributed by atoms with van der Waals surface area (Å²) >= 11 is 9.30. The molecular weight excluding hydrogens is 328 g/mol. The number of rotatable bonds is 3. The Morgan fingerprint density at radius 1 is 1.16 bits per heavy atom. The molecule has 0 heterocycles. The van der Waals surface area contributed by atoms with Crippen LogP contribution in [0.3, 0.4) is 0 Å². The van der Waals surface area contributed by atoms with Gasteiger partial charge in [-0.15, -0.1) is 0 Å². The van der Waals surface area contributed by atoms with Gasteiger partial charge in [0.05, 0.1) is 5.56 Å². The zero-order valence-corrected chi connectivity index (χ0v) is 12.9. The molecule has 0 fully saturated rings. The second-order valence-electron chi connectivity index (χ2n) is 4.21. The van der Waals surface area contributed by atoms with E-state index in [1.807, 2.05) is 19.1 Å². The Kier molecular flexibility index (Phi) is 4.27. The van der Waals surface area contributed by atoms with E-state index in [0.29, 0.717) is 22.1 Å². The van der Waals surface area contributed by atoms with Crippen molar-refractivity contribution in [3.05, 3.63) is 57.0 Å². The van der Waals surface area contributed by atoms with E-state index in [9.17, 15) is 4.79 Å². The molecule has 0 atom stereocenters. The highest BCUT2D eigenvalue weighted by Gasteiger charge is 2.11. The Morgan fingerprint density at radius 3 is 2.58 bits per heavy atom. The molecule has 2 aromatic carbocycles. The number of carbonyl (C=O) groups is 1. The summed E-state index contributed by atoms with van der Waals surface area (Å²) in [7, 11) is 0. The standard InChI is InChI=1S/C15H12BrClO2/c1-9-3-5-12(17)8-15(9)19-14-6-4-11(16)7-13(14)10(2)18/h3-8H,1-2H3. The van der Waals surface area contributed by atoms with Crippen LogP contribution in [-0.4, -0.2) is 5.78 Å². The minimum absolute atomic E-state index is 0.0454. The van der Waals surface area contributed by atoms with Gasteiger partial charge in [-0.25, -0.2) is 0 Å². The molecule has 0 aliphatic carbocycles. The van der Waals surface area contributed by atoms with Crippen molar-refractivity contribution >= 4 is 33.3 Å². The summed E-state index contributed by atoms with van der Waals surface area (Å²) in [6, 6.07) is 10.8. The van der Waals surface area contributed by atoms with Crippen LogP contribution >= 0.6 is 27.5 Å². The van der Waals surface area contributed by atoms with Crippen molar-refractivity contribution in [3.63, 3.8) is 0 Å². The monoisotopic (exact) mass is 338 g/mol. The average Bonchev–Trinajstić information content (AvgIpc) is 2.35. The van der Waals surface area contributed by atoms with Crippen LogP contribution in [0.2, 0.25) is 5.02 Å². The Balaban J connectivity index is 2.43. The molecule has 0 spiro atoms. The summed E-state index contributed by atoms with van der Waals surface area (Å²) in [5.41, 5.74) is 1.50. The lowest BCUT2D eigenvalue weighted by Crippen LogP contribution is -1.98. The summed E-state index contributed by atoms with van der Waals surface area (Å²) < 4.78 is 6.65. The first-order valence-electron chi connectivity index (χ1n) is 5.72. The highest BCUT2D eigenvalue weighted by atomic mass is 79.9. The number of hydrogen-bond acceptors (Lipinski definition) is 2. The SMILES string of the molecule is CC(=O)c1cc(Br)ccc1Oc1cc(Cl)ccc1C. The molecule has 0 aromatic heterocycles. The van der Waals surface area contributed by atoms with Gasteiger partial charge in [0.1, 0.15) is 11.5 Å². The van der Waals surface area contributed by atoms with E-state index in [0.717, 1.165) is 10.0 Å². The molecule has 0 N–H and O–H groups in total. The van der Waals surface area contributed by atoms with E-state index in [2.05, 4.69) is 15.9 Å². The van der Waals surface area contributed by atoms with Crippen molar-refractivity contribution in [2.24, 2.45) is 0 Å². The van der Waals surface area contributed by atoms with Gasteiger partial charge in [0.2, 0.25) is 0 Å². The summed E-state index contributed by atoms with van der Waals surface area (Å²) in [5, 5.41) is 0.599. The lowest BCUT2D eigenvalue weighted by molar-refractivity contribution is 0.101. The van der Waals surface area contributed by atoms with Crippen LogP contribution in [0.15, 0.2) is 40.9 Å². The average molecular weight is 340 g/mol. The Bertz CT molecular complexity index is 638. The summed E-state index contributed by atoms with van der Waals surface area (Å²) in [6.45, 7) is 3.44. The van der Waals surface area contributed by atoms with Gasteiger partial charge in [-0.05, 0) is 49.7 Å². The maximum absolute atomic E-state index is 11.6. The molecule has 98 valence electrons. The number of benzene rings is 2. The van der Waals surface area contributed by atoms with Crippen LogP contribution in [0.5, 0.6) is 11.5 Å². The fourth-order valence-electron chi connectivity index (χ4n) is 1.67. The van der Waals surface area contributed by atoms with Gasteiger partial charge in [0, 0.05) is 9.50 Å². The Hall–Kier alpha value is -1.32. The molecule has 19 heavy (non-hydrogen) atoms. The van der Waals surface area contributed by atoms with Crippen LogP contribution in [0.4, 0.5) is 0 Å². The van der Waals surface area contributed by atoms with Gasteiger partial charge in [0.25, 0.3) is 0 Å². The van der Waals surface area contributed by atoms with E-state index in [1.54, 1.807) is 24.3 Å². The van der Waals surface area contributed by atoms with Gasteiger partial charge >= 0.3 is 0 Å². The Labute approximate surface area is 125 Å². The minimum Gasteiger partial charge on any atom is -0.456 e. The third kappa shape index (κ3) is 3.37. The number of carbonyl (C=O) groups excluding carboxylic acids is 1. The fraction of sp³-hybridized carbons (Fsp3) is 0.133. The third-order valence-electron chi connectivity index (χ3n) is 2.69. The maximum atomic E-state index is 11.6. The molecular formula is C15H12BrClO2. The van der Waals surface area contributed by atoms with Crippen LogP contribution in [-0.2, 0) is 0 Å². The molecule has 4 heteroatoms. The molecule has 0 saturated heterocycles. The topological polar surface area (TPSA) is 26.3 Å². The molecule has 0 saturated carbocycles. The quantitative estimate of drug-likeness (QED) is 0.699. The van der Waals surface area contributed by atoms with Crippen molar-refractivity contribution in [1.82, 2.24) is 0 Å². The van der Waals surface area contributed by atoms with Crippen molar-refractivity contribution in [2.45, 2.75) is 13.8 Å². The molecule has 0 amide bonds. The van der Waals surface area contributed by atoms with Crippen LogP contribution in [0, 0.1) is 6.92 Å². The molecule has 0 unspecified atom stereocenters. The number of ketones is 1. The Morgan fingerprint density at radius 2 is 1.89 bits per heavy atom. The first kappa shape index (κ1) is 14.1. The lowest BCUT2D eigenvalue weighted by Gasteiger charge is -2.12. The van der Waals surface area contributed by atoms with E-state index in [-0.39, 0.29) is 5.78 Å².